The van der Waals surface area contributed by atoms with Crippen LogP contribution in [0.5, 0.6) is 0 Å². The molecule has 46 heavy (non-hydrogen) atoms. The Morgan fingerprint density at radius 3 is 2.28 bits per heavy atom. The van der Waals surface area contributed by atoms with Crippen molar-refractivity contribution in [2.45, 2.75) is 76.7 Å². The van der Waals surface area contributed by atoms with Crippen molar-refractivity contribution in [2.24, 2.45) is 0 Å². The van der Waals surface area contributed by atoms with Gasteiger partial charge in [0, 0.05) is 12.0 Å². The second kappa shape index (κ2) is 15.8. The fourth-order valence-electron chi connectivity index (χ4n) is 5.79. The normalized spacial score (nSPS) is 15.8. The Balaban J connectivity index is 1.81. The van der Waals surface area contributed by atoms with Crippen LogP contribution in [0.3, 0.4) is 0 Å². The average molecular weight is 647 g/mol. The molecule has 0 aromatic heterocycles. The first-order chi connectivity index (χ1) is 21.9. The van der Waals surface area contributed by atoms with E-state index in [2.05, 4.69) is 22.8 Å². The number of hydrogen-bond acceptors (Lipinski definition) is 7. The van der Waals surface area contributed by atoms with Crippen molar-refractivity contribution in [3.8, 4) is 11.1 Å². The van der Waals surface area contributed by atoms with Gasteiger partial charge in [0.1, 0.15) is 11.6 Å². The first kappa shape index (κ1) is 35.2. The number of hydrogen-bond donors (Lipinski definition) is 3. The van der Waals surface area contributed by atoms with Gasteiger partial charge in [0.05, 0.1) is 5.60 Å². The number of carbonyl (C=O) groups is 3. The number of rotatable bonds is 13. The summed E-state index contributed by atoms with van der Waals surface area (Å²) in [5.41, 5.74) is 2.94. The summed E-state index contributed by atoms with van der Waals surface area (Å²) in [6, 6.07) is 22.0. The molecule has 3 aromatic carbocycles. The van der Waals surface area contributed by atoms with E-state index in [-0.39, 0.29) is 0 Å². The maximum Gasteiger partial charge on any atom is 0.340 e. The zero-order valence-electron chi connectivity index (χ0n) is 27.4. The van der Waals surface area contributed by atoms with E-state index in [0.29, 0.717) is 48.1 Å². The number of thioether (sulfide) groups is 1. The van der Waals surface area contributed by atoms with E-state index in [1.54, 1.807) is 12.1 Å². The number of carboxylic acids is 1. The summed E-state index contributed by atoms with van der Waals surface area (Å²) in [7, 11) is 0. The number of nitrogens with one attached hydrogen (secondary N) is 2. The largest absolute Gasteiger partial charge is 0.480 e. The fraction of sp³-hybridized carbons (Fsp3) is 0.432. The number of aryl methyl sites for hydroxylation is 1. The van der Waals surface area contributed by atoms with Crippen LogP contribution in [0.2, 0.25) is 0 Å². The van der Waals surface area contributed by atoms with Gasteiger partial charge >= 0.3 is 11.9 Å². The van der Waals surface area contributed by atoms with Gasteiger partial charge in [-0.3, -0.25) is 4.79 Å². The summed E-state index contributed by atoms with van der Waals surface area (Å²) in [5, 5.41) is 15.9. The fourth-order valence-corrected chi connectivity index (χ4v) is 6.27. The van der Waals surface area contributed by atoms with E-state index < -0.39 is 41.2 Å². The molecule has 3 aromatic rings. The summed E-state index contributed by atoms with van der Waals surface area (Å²) < 4.78 is 12.9. The van der Waals surface area contributed by atoms with Crippen molar-refractivity contribution in [1.29, 1.82) is 0 Å². The predicted molar refractivity (Wildman–Crippen MR) is 183 cm³/mol. The summed E-state index contributed by atoms with van der Waals surface area (Å²) in [4.78, 5) is 39.6. The van der Waals surface area contributed by atoms with Crippen molar-refractivity contribution in [2.75, 3.05) is 25.1 Å². The van der Waals surface area contributed by atoms with E-state index in [9.17, 15) is 19.5 Å². The standard InChI is InChI=1S/C37H46N2O6S/c1-25-11-9-10-14-28(25)30-23-27(15-16-29(30)33(40)39-31(34(41)42)17-22-46-5)32(35(43)45-36(2,3)4)44-37(18-20-38-21-19-37)24-26-12-7-6-8-13-26/h6-16,23,31-32,38H,17-22,24H2,1-5H3,(H,39,40)(H,41,42)/t31-,32?/m0/s1. The highest BCUT2D eigenvalue weighted by molar-refractivity contribution is 7.98. The highest BCUT2D eigenvalue weighted by Gasteiger charge is 2.40. The molecule has 3 N–H and O–H groups in total. The van der Waals surface area contributed by atoms with Gasteiger partial charge in [0.15, 0.2) is 6.10 Å². The monoisotopic (exact) mass is 646 g/mol. The Hall–Kier alpha value is -3.66. The van der Waals surface area contributed by atoms with Gasteiger partial charge in [-0.2, -0.15) is 11.8 Å². The second-order valence-electron chi connectivity index (χ2n) is 12.9. The molecule has 1 unspecified atom stereocenters. The van der Waals surface area contributed by atoms with Crippen LogP contribution in [0.4, 0.5) is 0 Å². The Bertz CT molecular complexity index is 1500. The molecule has 0 aliphatic carbocycles. The number of amides is 1. The molecule has 1 aliphatic rings. The quantitative estimate of drug-likeness (QED) is 0.184. The number of carbonyl (C=O) groups excluding carboxylic acids is 2. The summed E-state index contributed by atoms with van der Waals surface area (Å²) in [5.74, 6) is -1.49. The minimum absolute atomic E-state index is 0.299. The van der Waals surface area contributed by atoms with Crippen LogP contribution < -0.4 is 10.6 Å². The van der Waals surface area contributed by atoms with Crippen LogP contribution in [0, 0.1) is 6.92 Å². The molecule has 0 radical (unpaired) electrons. The minimum atomic E-state index is -1.08. The lowest BCUT2D eigenvalue weighted by molar-refractivity contribution is -0.185. The Morgan fingerprint density at radius 2 is 1.65 bits per heavy atom. The van der Waals surface area contributed by atoms with E-state index in [1.807, 2.05) is 82.5 Å². The Kier molecular flexibility index (Phi) is 12.1. The van der Waals surface area contributed by atoms with Crippen LogP contribution in [-0.4, -0.2) is 65.3 Å². The molecule has 8 nitrogen and oxygen atoms in total. The number of carboxylic acid groups (broad SMARTS) is 1. The minimum Gasteiger partial charge on any atom is -0.480 e. The molecule has 246 valence electrons. The SMILES string of the molecule is CSCC[C@H](NC(=O)c1ccc(C(OC2(Cc3ccccc3)CCNCC2)C(=O)OC(C)(C)C)cc1-c1ccccc1C)C(=O)O. The molecule has 9 heteroatoms. The van der Waals surface area contributed by atoms with Gasteiger partial charge in [-0.15, -0.1) is 0 Å². The molecule has 1 fully saturated rings. The van der Waals surface area contributed by atoms with Crippen molar-refractivity contribution in [3.63, 3.8) is 0 Å². The molecule has 1 saturated heterocycles. The van der Waals surface area contributed by atoms with Gasteiger partial charge in [-0.05, 0) is 112 Å². The number of aliphatic carboxylic acids is 1. The molecule has 0 spiro atoms. The highest BCUT2D eigenvalue weighted by Crippen LogP contribution is 2.38. The summed E-state index contributed by atoms with van der Waals surface area (Å²) >= 11 is 1.52. The van der Waals surface area contributed by atoms with Gasteiger partial charge in [-0.25, -0.2) is 9.59 Å². The Labute approximate surface area is 276 Å². The first-order valence-electron chi connectivity index (χ1n) is 15.8. The van der Waals surface area contributed by atoms with Crippen molar-refractivity contribution in [3.05, 3.63) is 95.1 Å². The number of benzene rings is 3. The van der Waals surface area contributed by atoms with Gasteiger partial charge < -0.3 is 25.2 Å². The lowest BCUT2D eigenvalue weighted by atomic mass is 9.85. The molecule has 1 amide bonds. The van der Waals surface area contributed by atoms with Gasteiger partial charge in [-0.1, -0.05) is 60.7 Å². The highest BCUT2D eigenvalue weighted by atomic mass is 32.2. The second-order valence-corrected chi connectivity index (χ2v) is 13.9. The van der Waals surface area contributed by atoms with Crippen LogP contribution in [-0.2, 0) is 25.5 Å². The van der Waals surface area contributed by atoms with E-state index in [1.165, 1.54) is 11.8 Å². The van der Waals surface area contributed by atoms with Crippen LogP contribution in [0.1, 0.15) is 73.2 Å². The predicted octanol–water partition coefficient (Wildman–Crippen LogP) is 6.36. The van der Waals surface area contributed by atoms with Gasteiger partial charge in [0.25, 0.3) is 5.91 Å². The zero-order valence-corrected chi connectivity index (χ0v) is 28.2. The van der Waals surface area contributed by atoms with Crippen LogP contribution >= 0.6 is 11.8 Å². The van der Waals surface area contributed by atoms with Crippen molar-refractivity contribution < 1.29 is 29.0 Å². The molecule has 0 bridgehead atoms. The smallest absolute Gasteiger partial charge is 0.340 e. The first-order valence-corrected chi connectivity index (χ1v) is 17.2. The third kappa shape index (κ3) is 9.44. The molecule has 0 saturated carbocycles. The van der Waals surface area contributed by atoms with E-state index in [0.717, 1.165) is 29.8 Å². The molecular formula is C37H46N2O6S. The number of piperidine rings is 1. The van der Waals surface area contributed by atoms with Gasteiger partial charge in [0.2, 0.25) is 0 Å². The topological polar surface area (TPSA) is 114 Å². The summed E-state index contributed by atoms with van der Waals surface area (Å²) in [6.07, 6.45) is 3.18. The third-order valence-corrected chi connectivity index (χ3v) is 8.76. The number of esters is 1. The Morgan fingerprint density at radius 1 is 0.978 bits per heavy atom. The molecule has 2 atom stereocenters. The average Bonchev–Trinajstić information content (AvgIpc) is 3.02. The maximum absolute atomic E-state index is 14.0. The summed E-state index contributed by atoms with van der Waals surface area (Å²) in [6.45, 7) is 8.94. The molecular weight excluding hydrogens is 600 g/mol. The van der Waals surface area contributed by atoms with Crippen LogP contribution in [0.15, 0.2) is 72.8 Å². The zero-order chi connectivity index (χ0) is 33.3. The maximum atomic E-state index is 14.0. The molecule has 4 rings (SSSR count). The van der Waals surface area contributed by atoms with Crippen LogP contribution in [0.25, 0.3) is 11.1 Å². The lowest BCUT2D eigenvalue weighted by Gasteiger charge is -2.40. The molecule has 1 aliphatic heterocycles. The van der Waals surface area contributed by atoms with Crippen molar-refractivity contribution >= 4 is 29.6 Å². The van der Waals surface area contributed by atoms with E-state index in [4.69, 9.17) is 9.47 Å². The lowest BCUT2D eigenvalue weighted by Crippen LogP contribution is -2.47. The molecule has 1 heterocycles. The van der Waals surface area contributed by atoms with E-state index >= 15 is 0 Å². The third-order valence-electron chi connectivity index (χ3n) is 8.11. The van der Waals surface area contributed by atoms with Crippen molar-refractivity contribution in [1.82, 2.24) is 10.6 Å². The number of ether oxygens (including phenoxy) is 2.